The van der Waals surface area contributed by atoms with Crippen LogP contribution in [0.1, 0.15) is 23.9 Å². The monoisotopic (exact) mass is 374 g/mol. The Morgan fingerprint density at radius 1 is 1.07 bits per heavy atom. The summed E-state index contributed by atoms with van der Waals surface area (Å²) < 4.78 is 40.9. The Kier molecular flexibility index (Phi) is 4.95. The highest BCUT2D eigenvalue weighted by atomic mass is 19.4. The van der Waals surface area contributed by atoms with Gasteiger partial charge in [0.2, 0.25) is 5.95 Å². The molecule has 0 fully saturated rings. The molecule has 0 unspecified atom stereocenters. The molecule has 0 aliphatic carbocycles. The van der Waals surface area contributed by atoms with Crippen LogP contribution in [0.5, 0.6) is 0 Å². The zero-order valence-corrected chi connectivity index (χ0v) is 15.7. The number of halogens is 3. The van der Waals surface area contributed by atoms with Gasteiger partial charge in [-0.25, -0.2) is 0 Å². The van der Waals surface area contributed by atoms with Crippen molar-refractivity contribution < 1.29 is 13.2 Å². The second-order valence-corrected chi connectivity index (χ2v) is 6.55. The average molecular weight is 374 g/mol. The molecule has 0 aliphatic heterocycles. The van der Waals surface area contributed by atoms with Crippen LogP contribution >= 0.6 is 0 Å². The molecule has 0 N–H and O–H groups in total. The molecule has 27 heavy (non-hydrogen) atoms. The third-order valence-electron chi connectivity index (χ3n) is 4.36. The molecular weight excluding hydrogens is 353 g/mol. The summed E-state index contributed by atoms with van der Waals surface area (Å²) in [6.07, 6.45) is -3.94. The molecule has 3 rings (SSSR count). The molecule has 0 saturated carbocycles. The third kappa shape index (κ3) is 3.67. The summed E-state index contributed by atoms with van der Waals surface area (Å²) in [7, 11) is 3.30. The number of hydrogen-bond donors (Lipinski definition) is 0. The molecule has 0 aliphatic rings. The van der Waals surface area contributed by atoms with Crippen LogP contribution in [-0.4, -0.2) is 28.9 Å². The van der Waals surface area contributed by atoms with Crippen molar-refractivity contribution in [3.05, 3.63) is 59.4 Å². The van der Waals surface area contributed by atoms with Crippen molar-refractivity contribution >= 4 is 5.95 Å². The van der Waals surface area contributed by atoms with Gasteiger partial charge in [-0.3, -0.25) is 0 Å². The van der Waals surface area contributed by atoms with Crippen LogP contribution in [0.4, 0.5) is 19.1 Å². The first kappa shape index (κ1) is 18.9. The van der Waals surface area contributed by atoms with E-state index in [1.807, 2.05) is 56.3 Å². The van der Waals surface area contributed by atoms with Crippen LogP contribution in [0.15, 0.2) is 42.5 Å². The summed E-state index contributed by atoms with van der Waals surface area (Å²) >= 11 is 0. The van der Waals surface area contributed by atoms with Crippen LogP contribution < -0.4 is 4.90 Å². The second kappa shape index (κ2) is 7.06. The van der Waals surface area contributed by atoms with E-state index in [9.17, 15) is 13.2 Å². The summed E-state index contributed by atoms with van der Waals surface area (Å²) in [6.45, 7) is 3.97. The van der Waals surface area contributed by atoms with Gasteiger partial charge in [-0.2, -0.15) is 22.8 Å². The predicted octanol–water partition coefficient (Wildman–Crippen LogP) is 4.89. The minimum Gasteiger partial charge on any atom is -0.347 e. The summed E-state index contributed by atoms with van der Waals surface area (Å²) in [5, 5.41) is 3.78. The standard InChI is InChI=1S/C20H21F3N4/c1-5-14-11-13(2)16(15-9-7-6-8-10-15)12-17(14)27-19(26(3)4)24-18(25-27)20(21,22)23/h6-12H,5H2,1-4H3. The molecule has 0 amide bonds. The first-order chi connectivity index (χ1) is 12.7. The van der Waals surface area contributed by atoms with E-state index in [-0.39, 0.29) is 5.95 Å². The molecule has 142 valence electrons. The first-order valence-corrected chi connectivity index (χ1v) is 8.63. The molecule has 0 radical (unpaired) electrons. The predicted molar refractivity (Wildman–Crippen MR) is 100 cm³/mol. The first-order valence-electron chi connectivity index (χ1n) is 8.63. The number of hydrogen-bond acceptors (Lipinski definition) is 3. The topological polar surface area (TPSA) is 34.0 Å². The van der Waals surface area contributed by atoms with Gasteiger partial charge in [0.1, 0.15) is 0 Å². The molecule has 0 atom stereocenters. The van der Waals surface area contributed by atoms with E-state index >= 15 is 0 Å². The van der Waals surface area contributed by atoms with Crippen LogP contribution in [0.2, 0.25) is 0 Å². The maximum absolute atomic E-state index is 13.2. The molecule has 4 nitrogen and oxygen atoms in total. The lowest BCUT2D eigenvalue weighted by atomic mass is 9.96. The number of aryl methyl sites for hydroxylation is 2. The Morgan fingerprint density at radius 3 is 2.30 bits per heavy atom. The molecule has 0 bridgehead atoms. The fourth-order valence-corrected chi connectivity index (χ4v) is 3.04. The van der Waals surface area contributed by atoms with Crippen molar-refractivity contribution in [2.45, 2.75) is 26.4 Å². The van der Waals surface area contributed by atoms with Gasteiger partial charge in [0.15, 0.2) is 0 Å². The van der Waals surface area contributed by atoms with Crippen molar-refractivity contribution in [1.82, 2.24) is 14.8 Å². The van der Waals surface area contributed by atoms with Gasteiger partial charge in [0.05, 0.1) is 5.69 Å². The van der Waals surface area contributed by atoms with Crippen LogP contribution in [0.3, 0.4) is 0 Å². The molecule has 7 heteroatoms. The molecule has 2 aromatic carbocycles. The van der Waals surface area contributed by atoms with Crippen molar-refractivity contribution in [2.24, 2.45) is 0 Å². The van der Waals surface area contributed by atoms with Gasteiger partial charge in [-0.1, -0.05) is 43.3 Å². The van der Waals surface area contributed by atoms with Gasteiger partial charge in [-0.05, 0) is 41.7 Å². The van der Waals surface area contributed by atoms with E-state index in [0.717, 1.165) is 22.3 Å². The Hall–Kier alpha value is -2.83. The fourth-order valence-electron chi connectivity index (χ4n) is 3.04. The van der Waals surface area contributed by atoms with E-state index < -0.39 is 12.0 Å². The molecule has 0 spiro atoms. The lowest BCUT2D eigenvalue weighted by Gasteiger charge is -2.17. The van der Waals surface area contributed by atoms with E-state index in [1.54, 1.807) is 14.1 Å². The van der Waals surface area contributed by atoms with Crippen molar-refractivity contribution in [2.75, 3.05) is 19.0 Å². The largest absolute Gasteiger partial charge is 0.453 e. The summed E-state index contributed by atoms with van der Waals surface area (Å²) in [6, 6.07) is 13.7. The number of nitrogens with zero attached hydrogens (tertiary/aromatic N) is 4. The number of aromatic nitrogens is 3. The highest BCUT2D eigenvalue weighted by molar-refractivity contribution is 5.71. The Labute approximate surface area is 156 Å². The van der Waals surface area contributed by atoms with Crippen LogP contribution in [0, 0.1) is 6.92 Å². The van der Waals surface area contributed by atoms with Crippen molar-refractivity contribution in [1.29, 1.82) is 0 Å². The zero-order chi connectivity index (χ0) is 19.8. The zero-order valence-electron chi connectivity index (χ0n) is 15.7. The summed E-state index contributed by atoms with van der Waals surface area (Å²) in [5.74, 6) is -1.00. The Morgan fingerprint density at radius 2 is 1.74 bits per heavy atom. The molecule has 1 heterocycles. The van der Waals surface area contributed by atoms with Gasteiger partial charge in [-0.15, -0.1) is 5.10 Å². The maximum Gasteiger partial charge on any atom is 0.453 e. The van der Waals surface area contributed by atoms with Crippen molar-refractivity contribution in [3.8, 4) is 16.8 Å². The van der Waals surface area contributed by atoms with E-state index in [4.69, 9.17) is 0 Å². The lowest BCUT2D eigenvalue weighted by Crippen LogP contribution is -2.16. The Bertz CT molecular complexity index is 944. The molecule has 1 aromatic heterocycles. The van der Waals surface area contributed by atoms with Gasteiger partial charge in [0.25, 0.3) is 5.82 Å². The summed E-state index contributed by atoms with van der Waals surface area (Å²) in [5.41, 5.74) is 4.53. The molecule has 0 saturated heterocycles. The van der Waals surface area contributed by atoms with Crippen molar-refractivity contribution in [3.63, 3.8) is 0 Å². The quantitative estimate of drug-likeness (QED) is 0.652. The minimum atomic E-state index is -4.60. The number of rotatable bonds is 4. The molecule has 3 aromatic rings. The smallest absolute Gasteiger partial charge is 0.347 e. The highest BCUT2D eigenvalue weighted by Gasteiger charge is 2.38. The Balaban J connectivity index is 2.26. The number of alkyl halides is 3. The highest BCUT2D eigenvalue weighted by Crippen LogP contribution is 2.33. The average Bonchev–Trinajstić information content (AvgIpc) is 3.08. The summed E-state index contributed by atoms with van der Waals surface area (Å²) in [4.78, 5) is 5.24. The van der Waals surface area contributed by atoms with E-state index in [2.05, 4.69) is 10.1 Å². The minimum absolute atomic E-state index is 0.139. The lowest BCUT2D eigenvalue weighted by molar-refractivity contribution is -0.144. The third-order valence-corrected chi connectivity index (χ3v) is 4.36. The van der Waals surface area contributed by atoms with Crippen LogP contribution in [-0.2, 0) is 12.6 Å². The van der Waals surface area contributed by atoms with Crippen LogP contribution in [0.25, 0.3) is 16.8 Å². The van der Waals surface area contributed by atoms with E-state index in [1.165, 1.54) is 9.58 Å². The number of benzene rings is 2. The number of anilines is 1. The van der Waals surface area contributed by atoms with Gasteiger partial charge in [0, 0.05) is 14.1 Å². The second-order valence-electron chi connectivity index (χ2n) is 6.55. The van der Waals surface area contributed by atoms with Gasteiger partial charge >= 0.3 is 6.18 Å². The SMILES string of the molecule is CCc1cc(C)c(-c2ccccc2)cc1-n1nc(C(F)(F)F)nc1N(C)C. The normalized spacial score (nSPS) is 11.7. The maximum atomic E-state index is 13.2. The fraction of sp³-hybridized carbons (Fsp3) is 0.300. The molecular formula is C20H21F3N4. The van der Waals surface area contributed by atoms with Gasteiger partial charge < -0.3 is 4.90 Å². The van der Waals surface area contributed by atoms with E-state index in [0.29, 0.717) is 12.1 Å².